The fourth-order valence-corrected chi connectivity index (χ4v) is 1.44. The van der Waals surface area contributed by atoms with Crippen molar-refractivity contribution < 1.29 is 4.57 Å². The highest BCUT2D eigenvalue weighted by Crippen LogP contribution is 2.06. The molecule has 0 amide bonds. The van der Waals surface area contributed by atoms with Crippen LogP contribution in [-0.4, -0.2) is 0 Å². The summed E-state index contributed by atoms with van der Waals surface area (Å²) in [5.74, 6) is 0.790. The summed E-state index contributed by atoms with van der Waals surface area (Å²) in [5.41, 5.74) is 8.16. The van der Waals surface area contributed by atoms with Crippen LogP contribution in [-0.2, 0) is 0 Å². The summed E-state index contributed by atoms with van der Waals surface area (Å²) in [4.78, 5) is 0. The van der Waals surface area contributed by atoms with Crippen molar-refractivity contribution in [3.63, 3.8) is 0 Å². The fraction of sp³-hybridized carbons (Fsp3) is 0.0833. The number of pyridine rings is 1. The van der Waals surface area contributed by atoms with Gasteiger partial charge >= 0.3 is 0 Å². The minimum Gasteiger partial charge on any atom is -0.286 e. The first-order chi connectivity index (χ1) is 6.79. The molecule has 0 aliphatic heterocycles. The molecule has 2 heteroatoms. The molecular formula is C12H13N2+. The number of aryl methyl sites for hydroxylation is 1. The zero-order valence-electron chi connectivity index (χ0n) is 8.14. The molecule has 1 heterocycles. The SMILES string of the molecule is Cc1ccc[n+](-c2ccccc2)c1N. The van der Waals surface area contributed by atoms with Crippen molar-refractivity contribution in [2.75, 3.05) is 5.73 Å². The number of rotatable bonds is 1. The van der Waals surface area contributed by atoms with E-state index in [0.29, 0.717) is 0 Å². The number of para-hydroxylation sites is 1. The van der Waals surface area contributed by atoms with Gasteiger partial charge in [0.15, 0.2) is 0 Å². The van der Waals surface area contributed by atoms with Crippen LogP contribution in [0.4, 0.5) is 5.82 Å². The number of nitrogen functional groups attached to an aromatic ring is 1. The summed E-state index contributed by atoms with van der Waals surface area (Å²) < 4.78 is 1.98. The largest absolute Gasteiger partial charge is 0.286 e. The molecular weight excluding hydrogens is 172 g/mol. The van der Waals surface area contributed by atoms with Crippen molar-refractivity contribution in [2.45, 2.75) is 6.92 Å². The van der Waals surface area contributed by atoms with Gasteiger partial charge in [0.05, 0.1) is 6.20 Å². The van der Waals surface area contributed by atoms with Gasteiger partial charge in [0.25, 0.3) is 5.82 Å². The normalized spacial score (nSPS) is 10.1. The predicted molar refractivity (Wildman–Crippen MR) is 57.1 cm³/mol. The van der Waals surface area contributed by atoms with Crippen molar-refractivity contribution in [3.8, 4) is 5.69 Å². The third kappa shape index (κ3) is 1.46. The van der Waals surface area contributed by atoms with Gasteiger partial charge in [-0.3, -0.25) is 5.73 Å². The molecule has 14 heavy (non-hydrogen) atoms. The minimum absolute atomic E-state index is 0.790. The number of benzene rings is 1. The zero-order chi connectivity index (χ0) is 9.97. The van der Waals surface area contributed by atoms with Crippen molar-refractivity contribution in [1.82, 2.24) is 0 Å². The monoisotopic (exact) mass is 185 g/mol. The predicted octanol–water partition coefficient (Wildman–Crippen LogP) is 1.85. The molecule has 0 saturated heterocycles. The fourth-order valence-electron chi connectivity index (χ4n) is 1.44. The maximum absolute atomic E-state index is 5.98. The Morgan fingerprint density at radius 2 is 1.71 bits per heavy atom. The molecule has 0 spiro atoms. The lowest BCUT2D eigenvalue weighted by Gasteiger charge is -2.03. The van der Waals surface area contributed by atoms with Crippen molar-refractivity contribution in [3.05, 3.63) is 54.2 Å². The molecule has 0 unspecified atom stereocenters. The summed E-state index contributed by atoms with van der Waals surface area (Å²) in [6.45, 7) is 2.01. The van der Waals surface area contributed by atoms with Crippen molar-refractivity contribution >= 4 is 5.82 Å². The molecule has 0 aliphatic rings. The molecule has 0 saturated carbocycles. The van der Waals surface area contributed by atoms with Gasteiger partial charge in [0.2, 0.25) is 0 Å². The summed E-state index contributed by atoms with van der Waals surface area (Å²) in [6, 6.07) is 14.1. The Hall–Kier alpha value is -1.83. The molecule has 0 atom stereocenters. The Labute approximate surface area is 83.6 Å². The third-order valence-corrected chi connectivity index (χ3v) is 2.28. The highest BCUT2D eigenvalue weighted by Gasteiger charge is 2.08. The first-order valence-corrected chi connectivity index (χ1v) is 4.61. The van der Waals surface area contributed by atoms with Crippen LogP contribution in [0.15, 0.2) is 48.7 Å². The van der Waals surface area contributed by atoms with Crippen molar-refractivity contribution in [1.29, 1.82) is 0 Å². The van der Waals surface area contributed by atoms with Crippen LogP contribution in [0.3, 0.4) is 0 Å². The molecule has 2 rings (SSSR count). The lowest BCUT2D eigenvalue weighted by atomic mass is 10.2. The van der Waals surface area contributed by atoms with Gasteiger partial charge in [-0.05, 0) is 31.2 Å². The standard InChI is InChI=1S/C12H12N2/c1-10-6-5-9-14(12(10)13)11-7-3-2-4-8-11/h2-9,13H,1H3/p+1. The quantitative estimate of drug-likeness (QED) is 0.675. The average molecular weight is 185 g/mol. The van der Waals surface area contributed by atoms with Gasteiger partial charge in [-0.1, -0.05) is 18.2 Å². The smallest absolute Gasteiger partial charge is 0.280 e. The molecule has 2 aromatic rings. The number of aromatic nitrogens is 1. The molecule has 2 nitrogen and oxygen atoms in total. The zero-order valence-corrected chi connectivity index (χ0v) is 8.14. The van der Waals surface area contributed by atoms with E-state index in [-0.39, 0.29) is 0 Å². The van der Waals surface area contributed by atoms with Gasteiger partial charge < -0.3 is 0 Å². The molecule has 1 aromatic carbocycles. The first kappa shape index (κ1) is 8.75. The number of anilines is 1. The van der Waals surface area contributed by atoms with E-state index in [9.17, 15) is 0 Å². The van der Waals surface area contributed by atoms with Crippen molar-refractivity contribution in [2.24, 2.45) is 0 Å². The molecule has 0 aliphatic carbocycles. The maximum Gasteiger partial charge on any atom is 0.280 e. The van der Waals surface area contributed by atoms with E-state index in [0.717, 1.165) is 17.1 Å². The maximum atomic E-state index is 5.98. The molecule has 0 fully saturated rings. The van der Waals surface area contributed by atoms with Crippen LogP contribution >= 0.6 is 0 Å². The summed E-state index contributed by atoms with van der Waals surface area (Å²) >= 11 is 0. The van der Waals surface area contributed by atoms with Crippen LogP contribution in [0.5, 0.6) is 0 Å². The van der Waals surface area contributed by atoms with Crippen LogP contribution in [0.25, 0.3) is 5.69 Å². The van der Waals surface area contributed by atoms with E-state index in [1.54, 1.807) is 0 Å². The molecule has 0 bridgehead atoms. The number of nitrogens with zero attached hydrogens (tertiary/aromatic N) is 1. The van der Waals surface area contributed by atoms with E-state index in [2.05, 4.69) is 0 Å². The van der Waals surface area contributed by atoms with Gasteiger partial charge in [0, 0.05) is 5.56 Å². The third-order valence-electron chi connectivity index (χ3n) is 2.28. The second kappa shape index (κ2) is 3.50. The summed E-state index contributed by atoms with van der Waals surface area (Å²) in [7, 11) is 0. The number of hydrogen-bond donors (Lipinski definition) is 1. The van der Waals surface area contributed by atoms with E-state index < -0.39 is 0 Å². The number of hydrogen-bond acceptors (Lipinski definition) is 1. The van der Waals surface area contributed by atoms with Gasteiger partial charge in [-0.2, -0.15) is 0 Å². The molecule has 1 aromatic heterocycles. The Bertz CT molecular complexity index is 435. The van der Waals surface area contributed by atoms with Gasteiger partial charge in [-0.15, -0.1) is 0 Å². The first-order valence-electron chi connectivity index (χ1n) is 4.61. The average Bonchev–Trinajstić information content (AvgIpc) is 2.23. The second-order valence-corrected chi connectivity index (χ2v) is 3.28. The van der Waals surface area contributed by atoms with Crippen LogP contribution in [0, 0.1) is 6.92 Å². The van der Waals surface area contributed by atoms with Gasteiger partial charge in [0.1, 0.15) is 5.69 Å². The topological polar surface area (TPSA) is 29.9 Å². The Kier molecular flexibility index (Phi) is 2.19. The van der Waals surface area contributed by atoms with Crippen LogP contribution in [0.2, 0.25) is 0 Å². The Morgan fingerprint density at radius 1 is 1.00 bits per heavy atom. The van der Waals surface area contributed by atoms with E-state index in [1.807, 2.05) is 60.2 Å². The highest BCUT2D eigenvalue weighted by molar-refractivity contribution is 5.35. The summed E-state index contributed by atoms with van der Waals surface area (Å²) in [5, 5.41) is 0. The Balaban J connectivity index is 2.58. The lowest BCUT2D eigenvalue weighted by molar-refractivity contribution is -0.580. The van der Waals surface area contributed by atoms with Crippen LogP contribution in [0.1, 0.15) is 5.56 Å². The van der Waals surface area contributed by atoms with Crippen LogP contribution < -0.4 is 10.3 Å². The molecule has 2 N–H and O–H groups in total. The lowest BCUT2D eigenvalue weighted by Crippen LogP contribution is -2.34. The van der Waals surface area contributed by atoms with E-state index in [1.165, 1.54) is 0 Å². The highest BCUT2D eigenvalue weighted by atomic mass is 15.0. The van der Waals surface area contributed by atoms with E-state index >= 15 is 0 Å². The summed E-state index contributed by atoms with van der Waals surface area (Å²) in [6.07, 6.45) is 1.97. The van der Waals surface area contributed by atoms with E-state index in [4.69, 9.17) is 5.73 Å². The minimum atomic E-state index is 0.790. The Morgan fingerprint density at radius 3 is 2.43 bits per heavy atom. The molecule has 0 radical (unpaired) electrons. The second-order valence-electron chi connectivity index (χ2n) is 3.28. The van der Waals surface area contributed by atoms with Gasteiger partial charge in [-0.25, -0.2) is 4.57 Å². The molecule has 70 valence electrons. The number of nitrogens with two attached hydrogens (primary N) is 1.